The summed E-state index contributed by atoms with van der Waals surface area (Å²) in [4.78, 5) is 83.0. The minimum atomic E-state index is -2.42. The van der Waals surface area contributed by atoms with E-state index in [1.165, 1.54) is 58.2 Å². The summed E-state index contributed by atoms with van der Waals surface area (Å²) < 4.78 is 40.9. The number of carbonyl (C=O) groups excluding carboxylic acids is 6. The predicted molar refractivity (Wildman–Crippen MR) is 214 cm³/mol. The first-order valence-electron chi connectivity index (χ1n) is 20.3. The molecule has 2 saturated carbocycles. The lowest BCUT2D eigenvalue weighted by Gasteiger charge is -2.67. The van der Waals surface area contributed by atoms with Crippen LogP contribution >= 0.6 is 0 Å². The largest absolute Gasteiger partial charge is 0.497 e. The number of hydrogen-bond donors (Lipinski definition) is 4. The Kier molecular flexibility index (Phi) is 13.3. The Balaban J connectivity index is 1.75. The van der Waals surface area contributed by atoms with Gasteiger partial charge in [-0.25, -0.2) is 14.4 Å². The molecule has 11 atom stereocenters. The van der Waals surface area contributed by atoms with Gasteiger partial charge in [-0.05, 0) is 70.9 Å². The van der Waals surface area contributed by atoms with E-state index in [1.807, 2.05) is 0 Å². The first-order valence-corrected chi connectivity index (χ1v) is 20.3. The van der Waals surface area contributed by atoms with Gasteiger partial charge < -0.3 is 53.8 Å². The molecule has 2 bridgehead atoms. The first kappa shape index (κ1) is 47.2. The van der Waals surface area contributed by atoms with Crippen molar-refractivity contribution < 1.29 is 77.2 Å². The van der Waals surface area contributed by atoms with Crippen molar-refractivity contribution in [3.63, 3.8) is 0 Å². The number of amides is 1. The quantitative estimate of drug-likeness (QED) is 0.142. The summed E-state index contributed by atoms with van der Waals surface area (Å²) in [6, 6.07) is 4.62. The van der Waals surface area contributed by atoms with Crippen molar-refractivity contribution in [1.29, 1.82) is 0 Å². The zero-order valence-corrected chi connectivity index (χ0v) is 36.6. The summed E-state index contributed by atoms with van der Waals surface area (Å²) in [5.74, 6) is -6.02. The van der Waals surface area contributed by atoms with Crippen molar-refractivity contribution in [2.45, 2.75) is 148 Å². The lowest BCUT2D eigenvalue weighted by molar-refractivity contribution is -0.346. The monoisotopic (exact) mass is 857 g/mol. The molecule has 4 N–H and O–H groups in total. The van der Waals surface area contributed by atoms with Gasteiger partial charge in [0.15, 0.2) is 23.6 Å². The number of fused-ring (bicyclic) bond motifs is 5. The molecule has 17 nitrogen and oxygen atoms in total. The van der Waals surface area contributed by atoms with E-state index in [0.29, 0.717) is 5.75 Å². The Morgan fingerprint density at radius 1 is 1.08 bits per heavy atom. The number of aliphatic hydroxyl groups excluding tert-OH is 2. The third-order valence-electron chi connectivity index (χ3n) is 12.7. The third kappa shape index (κ3) is 8.41. The van der Waals surface area contributed by atoms with Gasteiger partial charge in [-0.2, -0.15) is 0 Å². The number of ketones is 1. The van der Waals surface area contributed by atoms with Crippen LogP contribution in [0.3, 0.4) is 0 Å². The van der Waals surface area contributed by atoms with Crippen LogP contribution in [0, 0.1) is 16.7 Å². The van der Waals surface area contributed by atoms with Crippen molar-refractivity contribution >= 4 is 35.8 Å². The normalized spacial score (nSPS) is 32.7. The maximum atomic E-state index is 15.5. The molecule has 61 heavy (non-hydrogen) atoms. The highest BCUT2D eigenvalue weighted by atomic mass is 16.6. The number of hydrogen-bond acceptors (Lipinski definition) is 16. The fraction of sp³-hybridized carbons (Fsp3) is 0.636. The minimum absolute atomic E-state index is 0.0138. The molecule has 1 aromatic carbocycles. The smallest absolute Gasteiger partial charge is 0.408 e. The van der Waals surface area contributed by atoms with E-state index in [1.54, 1.807) is 47.6 Å². The zero-order valence-electron chi connectivity index (χ0n) is 36.6. The molecule has 336 valence electrons. The molecule has 0 radical (unpaired) electrons. The number of ether oxygens (including phenoxy) is 7. The van der Waals surface area contributed by atoms with Crippen LogP contribution in [0.2, 0.25) is 0 Å². The standard InChI is InChI=1S/C44H59NO16/c1-12-15-26(45-39(53)61-40(5,6)7)32(49)38(52)57-27-20-44(54)36(59-37(51)24-16-14-17-25(18-24)55-11)34-42(10,28(47)19-29-43(34,21-56-29)60-23(4)46)35(50)33(58-30(48)13-2)31(22(27)3)41(44,8)9/h12,14-18,26-29,32-34,36,47,49,54H,13,19-21H2,1-11H3,(H,45,53)/b15-12+/t26-,27-,28-,29+,32+,33+,34-,36-,42+,43-,44+/m0/s1. The molecule has 1 amide bonds. The maximum absolute atomic E-state index is 15.5. The summed E-state index contributed by atoms with van der Waals surface area (Å²) >= 11 is 0. The lowest BCUT2D eigenvalue weighted by Crippen LogP contribution is -2.82. The number of esters is 4. The Bertz CT molecular complexity index is 1980. The first-order chi connectivity index (χ1) is 28.3. The molecular weight excluding hydrogens is 798 g/mol. The number of carbonyl (C=O) groups is 6. The van der Waals surface area contributed by atoms with Crippen molar-refractivity contribution in [3.8, 4) is 5.75 Å². The van der Waals surface area contributed by atoms with E-state index in [4.69, 9.17) is 33.2 Å². The van der Waals surface area contributed by atoms with E-state index < -0.39 is 118 Å². The summed E-state index contributed by atoms with van der Waals surface area (Å²) in [6.07, 6.45) is -8.93. The molecule has 4 aliphatic rings. The Hall–Kier alpha value is -4.84. The summed E-state index contributed by atoms with van der Waals surface area (Å²) in [6.45, 7) is 14.8. The summed E-state index contributed by atoms with van der Waals surface area (Å²) in [5, 5.41) is 39.6. The van der Waals surface area contributed by atoms with E-state index in [0.717, 1.165) is 6.92 Å². The van der Waals surface area contributed by atoms with E-state index in [9.17, 15) is 39.3 Å². The van der Waals surface area contributed by atoms with E-state index in [2.05, 4.69) is 5.32 Å². The Labute approximate surface area is 355 Å². The summed E-state index contributed by atoms with van der Waals surface area (Å²) in [5.41, 5.74) is -8.77. The van der Waals surface area contributed by atoms with Crippen LogP contribution in [0.1, 0.15) is 98.9 Å². The van der Waals surface area contributed by atoms with Crippen LogP contribution in [0.5, 0.6) is 5.75 Å². The fourth-order valence-electron chi connectivity index (χ4n) is 9.48. The van der Waals surface area contributed by atoms with Crippen LogP contribution < -0.4 is 10.1 Å². The number of benzene rings is 1. The van der Waals surface area contributed by atoms with E-state index in [-0.39, 0.29) is 36.2 Å². The molecule has 1 aromatic rings. The molecule has 1 heterocycles. The second-order valence-corrected chi connectivity index (χ2v) is 17.9. The van der Waals surface area contributed by atoms with E-state index >= 15 is 4.79 Å². The molecule has 3 aliphatic carbocycles. The van der Waals surface area contributed by atoms with Crippen LogP contribution in [0.15, 0.2) is 47.6 Å². The second-order valence-electron chi connectivity index (χ2n) is 17.9. The van der Waals surface area contributed by atoms with Crippen molar-refractivity contribution in [2.75, 3.05) is 13.7 Å². The lowest BCUT2D eigenvalue weighted by atomic mass is 9.44. The van der Waals surface area contributed by atoms with Gasteiger partial charge in [-0.1, -0.05) is 39.0 Å². The fourth-order valence-corrected chi connectivity index (χ4v) is 9.48. The molecule has 5 rings (SSSR count). The molecule has 1 aliphatic heterocycles. The number of aliphatic hydroxyl groups is 3. The Morgan fingerprint density at radius 3 is 2.31 bits per heavy atom. The zero-order chi connectivity index (χ0) is 45.6. The van der Waals surface area contributed by atoms with Crippen molar-refractivity contribution in [3.05, 3.63) is 53.1 Å². The number of methoxy groups -OCH3 is 1. The Morgan fingerprint density at radius 2 is 1.75 bits per heavy atom. The molecule has 0 spiro atoms. The highest BCUT2D eigenvalue weighted by Gasteiger charge is 2.78. The average Bonchev–Trinajstić information content (AvgIpc) is 3.17. The maximum Gasteiger partial charge on any atom is 0.408 e. The minimum Gasteiger partial charge on any atom is -0.497 e. The van der Waals surface area contributed by atoms with Gasteiger partial charge >= 0.3 is 30.0 Å². The number of allylic oxidation sites excluding steroid dienone is 1. The highest BCUT2D eigenvalue weighted by molar-refractivity contribution is 5.96. The van der Waals surface area contributed by atoms with Crippen molar-refractivity contribution in [2.24, 2.45) is 16.7 Å². The van der Waals surface area contributed by atoms with Gasteiger partial charge in [0.2, 0.25) is 0 Å². The third-order valence-corrected chi connectivity index (χ3v) is 12.7. The number of Topliss-reactive ketones (excluding diaryl/α,β-unsaturated/α-hetero) is 1. The van der Waals surface area contributed by atoms with Gasteiger partial charge in [0, 0.05) is 31.6 Å². The SMILES string of the molecule is C/C=C/[C@H](NC(=O)OC(C)(C)C)[C@@H](O)C(=O)O[C@H]1C[C@@]2(O)[C@@H](OC(=O)c3cccc(OC)c3)[C@@H]3[C@]4(OC(C)=O)CO[C@@H]4C[C@H](O)[C@@]3(C)C(=O)[C@H](OC(=O)CC)C(=C1C)C2(C)C. The molecule has 0 unspecified atom stereocenters. The molecule has 1 saturated heterocycles. The number of nitrogens with one attached hydrogen (secondary N) is 1. The van der Waals surface area contributed by atoms with Crippen LogP contribution in [-0.4, -0.2) is 124 Å². The van der Waals surface area contributed by atoms with Crippen LogP contribution in [0.25, 0.3) is 0 Å². The predicted octanol–water partition coefficient (Wildman–Crippen LogP) is 3.43. The molecule has 0 aromatic heterocycles. The van der Waals surface area contributed by atoms with Gasteiger partial charge in [0.1, 0.15) is 35.3 Å². The van der Waals surface area contributed by atoms with Crippen molar-refractivity contribution in [1.82, 2.24) is 5.32 Å². The average molecular weight is 858 g/mol. The van der Waals surface area contributed by atoms with Gasteiger partial charge in [-0.3, -0.25) is 14.4 Å². The van der Waals surface area contributed by atoms with Crippen LogP contribution in [-0.2, 0) is 47.6 Å². The molecule has 17 heteroatoms. The number of rotatable bonds is 11. The topological polar surface area (TPSA) is 240 Å². The van der Waals surface area contributed by atoms with Gasteiger partial charge in [-0.15, -0.1) is 0 Å². The van der Waals surface area contributed by atoms with Gasteiger partial charge in [0.05, 0.1) is 42.8 Å². The van der Waals surface area contributed by atoms with Gasteiger partial charge in [0.25, 0.3) is 0 Å². The highest BCUT2D eigenvalue weighted by Crippen LogP contribution is 2.64. The summed E-state index contributed by atoms with van der Waals surface area (Å²) in [7, 11) is 1.40. The molecular formula is C44H59NO16. The number of alkyl carbamates (subject to hydrolysis) is 1. The second kappa shape index (κ2) is 17.1. The van der Waals surface area contributed by atoms with Crippen LogP contribution in [0.4, 0.5) is 4.79 Å². The molecule has 3 fully saturated rings.